The fourth-order valence-corrected chi connectivity index (χ4v) is 2.22. The highest BCUT2D eigenvalue weighted by atomic mass is 32.1. The van der Waals surface area contributed by atoms with Gasteiger partial charge >= 0.3 is 12.1 Å². The van der Waals surface area contributed by atoms with Crippen LogP contribution in [0.3, 0.4) is 0 Å². The van der Waals surface area contributed by atoms with Crippen LogP contribution in [0.5, 0.6) is 0 Å². The summed E-state index contributed by atoms with van der Waals surface area (Å²) in [6.45, 7) is 0. The first-order chi connectivity index (χ1) is 9.77. The quantitative estimate of drug-likeness (QED) is 0.907. The molecule has 8 heteroatoms. The molecule has 0 radical (unpaired) electrons. The number of hydrogen-bond donors (Lipinski definition) is 2. The molecule has 0 fully saturated rings. The molecule has 0 aliphatic heterocycles. The number of carbonyl (C=O) groups excluding carboxylic acids is 1. The lowest BCUT2D eigenvalue weighted by Crippen LogP contribution is -2.14. The van der Waals surface area contributed by atoms with E-state index < -0.39 is 29.2 Å². The van der Waals surface area contributed by atoms with Gasteiger partial charge in [0.15, 0.2) is 0 Å². The summed E-state index contributed by atoms with van der Waals surface area (Å²) in [5.74, 6) is -2.11. The third-order valence-corrected chi connectivity index (χ3v) is 3.23. The Kier molecular flexibility index (Phi) is 3.99. The third-order valence-electron chi connectivity index (χ3n) is 2.55. The van der Waals surface area contributed by atoms with Gasteiger partial charge in [-0.15, -0.1) is 0 Å². The van der Waals surface area contributed by atoms with Crippen LogP contribution in [0.25, 0.3) is 0 Å². The second-order valence-corrected chi connectivity index (χ2v) is 4.85. The highest BCUT2D eigenvalue weighted by molar-refractivity contribution is 7.08. The number of anilines is 1. The van der Waals surface area contributed by atoms with Crippen LogP contribution in [-0.2, 0) is 6.18 Å². The molecule has 1 amide bonds. The average Bonchev–Trinajstić information content (AvgIpc) is 2.91. The summed E-state index contributed by atoms with van der Waals surface area (Å²) in [6.07, 6.45) is -4.70. The second-order valence-electron chi connectivity index (χ2n) is 4.07. The zero-order chi connectivity index (χ0) is 15.6. The van der Waals surface area contributed by atoms with Gasteiger partial charge in [0.05, 0.1) is 16.7 Å². The average molecular weight is 315 g/mol. The van der Waals surface area contributed by atoms with Crippen molar-refractivity contribution in [2.24, 2.45) is 0 Å². The summed E-state index contributed by atoms with van der Waals surface area (Å²) >= 11 is 1.26. The Balaban J connectivity index is 2.37. The summed E-state index contributed by atoms with van der Waals surface area (Å²) in [7, 11) is 0. The fraction of sp³-hybridized carbons (Fsp3) is 0.0769. The lowest BCUT2D eigenvalue weighted by molar-refractivity contribution is -0.137. The number of thiophene rings is 1. The maximum Gasteiger partial charge on any atom is 0.416 e. The number of amides is 1. The van der Waals surface area contributed by atoms with Gasteiger partial charge in [0.25, 0.3) is 5.91 Å². The van der Waals surface area contributed by atoms with Gasteiger partial charge in [0, 0.05) is 11.1 Å². The van der Waals surface area contributed by atoms with Gasteiger partial charge in [0.1, 0.15) is 0 Å². The van der Waals surface area contributed by atoms with Crippen molar-refractivity contribution < 1.29 is 27.9 Å². The van der Waals surface area contributed by atoms with Crippen molar-refractivity contribution in [3.63, 3.8) is 0 Å². The van der Waals surface area contributed by atoms with Crippen LogP contribution in [0.4, 0.5) is 18.9 Å². The molecule has 110 valence electrons. The number of hydrogen-bond acceptors (Lipinski definition) is 3. The highest BCUT2D eigenvalue weighted by Gasteiger charge is 2.32. The van der Waals surface area contributed by atoms with Crippen LogP contribution in [0.1, 0.15) is 26.3 Å². The SMILES string of the molecule is O=C(O)c1cc(NC(=O)c2ccsc2)cc(C(F)(F)F)c1. The maximum atomic E-state index is 12.7. The molecule has 1 aromatic heterocycles. The van der Waals surface area contributed by atoms with Crippen LogP contribution < -0.4 is 5.32 Å². The predicted molar refractivity (Wildman–Crippen MR) is 70.7 cm³/mol. The van der Waals surface area contributed by atoms with Crippen LogP contribution in [0, 0.1) is 0 Å². The highest BCUT2D eigenvalue weighted by Crippen LogP contribution is 2.32. The normalized spacial score (nSPS) is 11.2. The molecule has 0 aliphatic carbocycles. The van der Waals surface area contributed by atoms with E-state index in [1.807, 2.05) is 0 Å². The molecular formula is C13H8F3NO3S. The van der Waals surface area contributed by atoms with Crippen molar-refractivity contribution in [3.8, 4) is 0 Å². The molecule has 0 unspecified atom stereocenters. The molecule has 0 atom stereocenters. The number of rotatable bonds is 3. The Hall–Kier alpha value is -2.35. The standard InChI is InChI=1S/C13H8F3NO3S/c14-13(15,16)9-3-8(12(19)20)4-10(5-9)17-11(18)7-1-2-21-6-7/h1-6H,(H,17,18)(H,19,20). The van der Waals surface area contributed by atoms with Crippen molar-refractivity contribution in [2.45, 2.75) is 6.18 Å². The molecule has 0 saturated carbocycles. The minimum absolute atomic E-state index is 0.224. The van der Waals surface area contributed by atoms with Crippen molar-refractivity contribution >= 4 is 28.9 Å². The van der Waals surface area contributed by atoms with E-state index in [1.54, 1.807) is 5.38 Å². The molecule has 0 saturated heterocycles. The van der Waals surface area contributed by atoms with E-state index in [1.165, 1.54) is 22.8 Å². The van der Waals surface area contributed by atoms with E-state index in [0.717, 1.165) is 6.07 Å². The summed E-state index contributed by atoms with van der Waals surface area (Å²) in [5, 5.41) is 14.3. The maximum absolute atomic E-state index is 12.7. The number of aromatic carboxylic acids is 1. The van der Waals surface area contributed by atoms with Crippen molar-refractivity contribution in [3.05, 3.63) is 51.7 Å². The third kappa shape index (κ3) is 3.60. The Bertz CT molecular complexity index is 680. The van der Waals surface area contributed by atoms with Gasteiger partial charge in [-0.05, 0) is 29.6 Å². The van der Waals surface area contributed by atoms with E-state index in [2.05, 4.69) is 5.32 Å². The molecule has 4 nitrogen and oxygen atoms in total. The molecule has 2 aromatic rings. The molecule has 2 rings (SSSR count). The lowest BCUT2D eigenvalue weighted by atomic mass is 10.1. The molecule has 21 heavy (non-hydrogen) atoms. The molecule has 0 spiro atoms. The Morgan fingerprint density at radius 1 is 1.14 bits per heavy atom. The predicted octanol–water partition coefficient (Wildman–Crippen LogP) is 3.72. The number of nitrogens with one attached hydrogen (secondary N) is 1. The van der Waals surface area contributed by atoms with Crippen molar-refractivity contribution in [1.82, 2.24) is 0 Å². The van der Waals surface area contributed by atoms with E-state index in [4.69, 9.17) is 5.11 Å². The number of carboxylic acids is 1. The molecule has 1 aromatic carbocycles. The van der Waals surface area contributed by atoms with E-state index >= 15 is 0 Å². The minimum Gasteiger partial charge on any atom is -0.478 e. The number of alkyl halides is 3. The van der Waals surface area contributed by atoms with Gasteiger partial charge in [-0.25, -0.2) is 4.79 Å². The Morgan fingerprint density at radius 2 is 1.86 bits per heavy atom. The van der Waals surface area contributed by atoms with Crippen molar-refractivity contribution in [2.75, 3.05) is 5.32 Å². The molecule has 2 N–H and O–H groups in total. The minimum atomic E-state index is -4.70. The number of carboxylic acid groups (broad SMARTS) is 1. The number of carbonyl (C=O) groups is 2. The van der Waals surface area contributed by atoms with E-state index in [9.17, 15) is 22.8 Å². The summed E-state index contributed by atoms with van der Waals surface area (Å²) in [4.78, 5) is 22.7. The summed E-state index contributed by atoms with van der Waals surface area (Å²) in [6, 6.07) is 3.69. The molecule has 1 heterocycles. The van der Waals surface area contributed by atoms with Crippen molar-refractivity contribution in [1.29, 1.82) is 0 Å². The topological polar surface area (TPSA) is 66.4 Å². The smallest absolute Gasteiger partial charge is 0.416 e. The first kappa shape index (κ1) is 15.0. The van der Waals surface area contributed by atoms with Gasteiger partial charge in [-0.2, -0.15) is 24.5 Å². The first-order valence-corrected chi connectivity index (χ1v) is 6.51. The van der Waals surface area contributed by atoms with Crippen LogP contribution in [0.2, 0.25) is 0 Å². The van der Waals surface area contributed by atoms with Gasteiger partial charge in [-0.1, -0.05) is 0 Å². The summed E-state index contributed by atoms with van der Waals surface area (Å²) < 4.78 is 38.2. The zero-order valence-electron chi connectivity index (χ0n) is 10.3. The van der Waals surface area contributed by atoms with Crippen LogP contribution >= 0.6 is 11.3 Å². The zero-order valence-corrected chi connectivity index (χ0v) is 11.1. The lowest BCUT2D eigenvalue weighted by Gasteiger charge is -2.11. The van der Waals surface area contributed by atoms with Gasteiger partial charge in [-0.3, -0.25) is 4.79 Å². The molecule has 0 aliphatic rings. The number of halogens is 3. The van der Waals surface area contributed by atoms with E-state index in [-0.39, 0.29) is 11.3 Å². The number of benzene rings is 1. The first-order valence-electron chi connectivity index (χ1n) is 5.56. The summed E-state index contributed by atoms with van der Waals surface area (Å²) in [5.41, 5.74) is -1.62. The van der Waals surface area contributed by atoms with Crippen LogP contribution in [0.15, 0.2) is 35.0 Å². The molecular weight excluding hydrogens is 307 g/mol. The van der Waals surface area contributed by atoms with Gasteiger partial charge in [0.2, 0.25) is 0 Å². The molecule has 0 bridgehead atoms. The second kappa shape index (κ2) is 5.57. The largest absolute Gasteiger partial charge is 0.478 e. The monoisotopic (exact) mass is 315 g/mol. The van der Waals surface area contributed by atoms with E-state index in [0.29, 0.717) is 12.1 Å². The Labute approximate surface area is 120 Å². The fourth-order valence-electron chi connectivity index (χ4n) is 1.58. The van der Waals surface area contributed by atoms with Gasteiger partial charge < -0.3 is 10.4 Å². The Morgan fingerprint density at radius 3 is 2.38 bits per heavy atom. The van der Waals surface area contributed by atoms with Crippen LogP contribution in [-0.4, -0.2) is 17.0 Å².